The Balaban J connectivity index is 1.64. The number of nitrogens with two attached hydrogens (primary N) is 1. The fourth-order valence-electron chi connectivity index (χ4n) is 2.78. The number of hydrogen-bond donors (Lipinski definition) is 2. The van der Waals surface area contributed by atoms with Gasteiger partial charge in [-0.05, 0) is 30.2 Å². The molecule has 0 aliphatic carbocycles. The lowest BCUT2D eigenvalue weighted by atomic mass is 10.1. The zero-order valence-corrected chi connectivity index (χ0v) is 14.7. The van der Waals surface area contributed by atoms with Gasteiger partial charge in [-0.25, -0.2) is 0 Å². The normalized spacial score (nSPS) is 15.4. The summed E-state index contributed by atoms with van der Waals surface area (Å²) in [6, 6.07) is 7.89. The number of benzene rings is 1. The standard InChI is InChI=1S/C18H23N3O2S/c1-13-8-14(11-21-4-6-24-7-5-21)2-3-17(13)20-18(22)15-9-16(10-19)23-12-15/h2-3,8-9,12H,4-7,10-11,19H2,1H3,(H,20,22). The Morgan fingerprint density at radius 1 is 1.33 bits per heavy atom. The van der Waals surface area contributed by atoms with Gasteiger partial charge in [0.15, 0.2) is 0 Å². The maximum Gasteiger partial charge on any atom is 0.258 e. The quantitative estimate of drug-likeness (QED) is 0.872. The second-order valence-electron chi connectivity index (χ2n) is 6.00. The van der Waals surface area contributed by atoms with Crippen molar-refractivity contribution in [1.82, 2.24) is 4.90 Å². The monoisotopic (exact) mass is 345 g/mol. The molecule has 2 heterocycles. The van der Waals surface area contributed by atoms with Gasteiger partial charge in [-0.1, -0.05) is 12.1 Å². The molecule has 3 N–H and O–H groups in total. The molecule has 3 rings (SSSR count). The highest BCUT2D eigenvalue weighted by atomic mass is 32.2. The first-order valence-electron chi connectivity index (χ1n) is 8.14. The minimum atomic E-state index is -0.178. The summed E-state index contributed by atoms with van der Waals surface area (Å²) in [6.07, 6.45) is 1.44. The molecule has 0 unspecified atom stereocenters. The molecule has 0 atom stereocenters. The zero-order valence-electron chi connectivity index (χ0n) is 13.9. The van der Waals surface area contributed by atoms with Gasteiger partial charge in [0.25, 0.3) is 5.91 Å². The first kappa shape index (κ1) is 17.1. The maximum atomic E-state index is 12.3. The number of thioether (sulfide) groups is 1. The average Bonchev–Trinajstić information content (AvgIpc) is 3.07. The van der Waals surface area contributed by atoms with Crippen molar-refractivity contribution >= 4 is 23.4 Å². The van der Waals surface area contributed by atoms with Crippen molar-refractivity contribution in [2.24, 2.45) is 5.73 Å². The minimum absolute atomic E-state index is 0.178. The van der Waals surface area contributed by atoms with Crippen molar-refractivity contribution in [2.75, 3.05) is 29.9 Å². The fraction of sp³-hybridized carbons (Fsp3) is 0.389. The van der Waals surface area contributed by atoms with Gasteiger partial charge in [0.1, 0.15) is 12.0 Å². The number of rotatable bonds is 5. The highest BCUT2D eigenvalue weighted by Gasteiger charge is 2.13. The van der Waals surface area contributed by atoms with Crippen LogP contribution in [0.1, 0.15) is 27.2 Å². The van der Waals surface area contributed by atoms with Crippen LogP contribution in [-0.4, -0.2) is 35.4 Å². The highest BCUT2D eigenvalue weighted by molar-refractivity contribution is 7.99. The van der Waals surface area contributed by atoms with Crippen LogP contribution in [0.3, 0.4) is 0 Å². The third kappa shape index (κ3) is 4.20. The number of nitrogens with one attached hydrogen (secondary N) is 1. The number of amides is 1. The second kappa shape index (κ2) is 7.88. The maximum absolute atomic E-state index is 12.3. The Morgan fingerprint density at radius 2 is 2.12 bits per heavy atom. The Labute approximate surface area is 146 Å². The molecule has 1 fully saturated rings. The molecule has 0 radical (unpaired) electrons. The van der Waals surface area contributed by atoms with Crippen molar-refractivity contribution in [2.45, 2.75) is 20.0 Å². The van der Waals surface area contributed by atoms with Gasteiger partial charge < -0.3 is 15.5 Å². The van der Waals surface area contributed by atoms with Gasteiger partial charge in [-0.3, -0.25) is 9.69 Å². The summed E-state index contributed by atoms with van der Waals surface area (Å²) in [6.45, 7) is 5.57. The summed E-state index contributed by atoms with van der Waals surface area (Å²) in [5.41, 5.74) is 9.17. The van der Waals surface area contributed by atoms with Crippen molar-refractivity contribution in [3.63, 3.8) is 0 Å². The predicted molar refractivity (Wildman–Crippen MR) is 98.3 cm³/mol. The SMILES string of the molecule is Cc1cc(CN2CCSCC2)ccc1NC(=O)c1coc(CN)c1. The molecule has 0 spiro atoms. The molecule has 1 saturated heterocycles. The second-order valence-corrected chi connectivity index (χ2v) is 7.22. The summed E-state index contributed by atoms with van der Waals surface area (Å²) in [5.74, 6) is 2.85. The summed E-state index contributed by atoms with van der Waals surface area (Å²) in [5, 5.41) is 2.94. The molecule has 24 heavy (non-hydrogen) atoms. The van der Waals surface area contributed by atoms with Gasteiger partial charge in [-0.2, -0.15) is 11.8 Å². The lowest BCUT2D eigenvalue weighted by molar-refractivity contribution is 0.102. The molecule has 1 aliphatic rings. The third-order valence-corrected chi connectivity index (χ3v) is 5.11. The van der Waals surface area contributed by atoms with Crippen molar-refractivity contribution in [3.8, 4) is 0 Å². The Hall–Kier alpha value is -1.76. The van der Waals surface area contributed by atoms with Crippen LogP contribution in [0, 0.1) is 6.92 Å². The lowest BCUT2D eigenvalue weighted by Crippen LogP contribution is -2.31. The molecule has 1 aromatic heterocycles. The van der Waals surface area contributed by atoms with Crippen molar-refractivity contribution in [3.05, 3.63) is 53.0 Å². The summed E-state index contributed by atoms with van der Waals surface area (Å²) in [7, 11) is 0. The predicted octanol–water partition coefficient (Wildman–Crippen LogP) is 2.85. The lowest BCUT2D eigenvalue weighted by Gasteiger charge is -2.26. The molecule has 0 bridgehead atoms. The fourth-order valence-corrected chi connectivity index (χ4v) is 3.76. The molecule has 128 valence electrons. The number of nitrogens with zero attached hydrogens (tertiary/aromatic N) is 1. The van der Waals surface area contributed by atoms with E-state index < -0.39 is 0 Å². The average molecular weight is 345 g/mol. The Morgan fingerprint density at radius 3 is 2.79 bits per heavy atom. The van der Waals surface area contributed by atoms with Gasteiger partial charge in [0, 0.05) is 36.8 Å². The zero-order chi connectivity index (χ0) is 16.9. The van der Waals surface area contributed by atoms with Gasteiger partial charge in [0.2, 0.25) is 0 Å². The summed E-state index contributed by atoms with van der Waals surface area (Å²) < 4.78 is 5.21. The number of aryl methyl sites for hydroxylation is 1. The molecule has 1 aromatic carbocycles. The number of anilines is 1. The van der Waals surface area contributed by atoms with Crippen LogP contribution in [0.2, 0.25) is 0 Å². The minimum Gasteiger partial charge on any atom is -0.467 e. The molecule has 1 aliphatic heterocycles. The molecular formula is C18H23N3O2S. The number of furan rings is 1. The van der Waals surface area contributed by atoms with Crippen LogP contribution in [0.15, 0.2) is 34.9 Å². The van der Waals surface area contributed by atoms with Crippen LogP contribution in [0.4, 0.5) is 5.69 Å². The van der Waals surface area contributed by atoms with Crippen LogP contribution >= 0.6 is 11.8 Å². The van der Waals surface area contributed by atoms with E-state index in [9.17, 15) is 4.79 Å². The van der Waals surface area contributed by atoms with Gasteiger partial charge in [0.05, 0.1) is 12.1 Å². The number of carbonyl (C=O) groups excluding carboxylic acids is 1. The van der Waals surface area contributed by atoms with Crippen LogP contribution in [0.5, 0.6) is 0 Å². The summed E-state index contributed by atoms with van der Waals surface area (Å²) in [4.78, 5) is 14.8. The van der Waals surface area contributed by atoms with Gasteiger partial charge >= 0.3 is 0 Å². The van der Waals surface area contributed by atoms with E-state index in [2.05, 4.69) is 22.3 Å². The molecular weight excluding hydrogens is 322 g/mol. The van der Waals surface area contributed by atoms with E-state index >= 15 is 0 Å². The van der Waals surface area contributed by atoms with E-state index in [-0.39, 0.29) is 12.5 Å². The molecule has 5 nitrogen and oxygen atoms in total. The van der Waals surface area contributed by atoms with Crippen molar-refractivity contribution < 1.29 is 9.21 Å². The Bertz CT molecular complexity index is 708. The molecule has 1 amide bonds. The van der Waals surface area contributed by atoms with Gasteiger partial charge in [-0.15, -0.1) is 0 Å². The van der Waals surface area contributed by atoms with E-state index in [4.69, 9.17) is 10.2 Å². The van der Waals surface area contributed by atoms with E-state index in [1.807, 2.05) is 24.8 Å². The largest absolute Gasteiger partial charge is 0.467 e. The van der Waals surface area contributed by atoms with Crippen LogP contribution < -0.4 is 11.1 Å². The number of hydrogen-bond acceptors (Lipinski definition) is 5. The first-order valence-corrected chi connectivity index (χ1v) is 9.29. The van der Waals surface area contributed by atoms with E-state index in [1.54, 1.807) is 6.07 Å². The Kier molecular flexibility index (Phi) is 5.60. The summed E-state index contributed by atoms with van der Waals surface area (Å²) >= 11 is 2.02. The molecule has 0 saturated carbocycles. The topological polar surface area (TPSA) is 71.5 Å². The third-order valence-electron chi connectivity index (χ3n) is 4.17. The number of carbonyl (C=O) groups is 1. The highest BCUT2D eigenvalue weighted by Crippen LogP contribution is 2.20. The molecule has 6 heteroatoms. The van der Waals surface area contributed by atoms with E-state index in [0.717, 1.165) is 30.9 Å². The first-order chi connectivity index (χ1) is 11.7. The molecule has 2 aromatic rings. The van der Waals surface area contributed by atoms with Crippen molar-refractivity contribution in [1.29, 1.82) is 0 Å². The van der Waals surface area contributed by atoms with Crippen LogP contribution in [-0.2, 0) is 13.1 Å². The van der Waals surface area contributed by atoms with E-state index in [0.29, 0.717) is 11.3 Å². The van der Waals surface area contributed by atoms with Crippen LogP contribution in [0.25, 0.3) is 0 Å². The van der Waals surface area contributed by atoms with E-state index in [1.165, 1.54) is 23.3 Å². The smallest absolute Gasteiger partial charge is 0.258 e.